The van der Waals surface area contributed by atoms with E-state index in [4.69, 9.17) is 0 Å². The minimum atomic E-state index is -0.808. The number of amides is 1. The fraction of sp³-hybridized carbons (Fsp3) is 0.875. The summed E-state index contributed by atoms with van der Waals surface area (Å²) in [5.41, 5.74) is 0. The highest BCUT2D eigenvalue weighted by Gasteiger charge is 2.40. The number of aliphatic carboxylic acids is 1. The second-order valence-corrected chi connectivity index (χ2v) is 6.50. The maximum atomic E-state index is 12.6. The first kappa shape index (κ1) is 16.3. The lowest BCUT2D eigenvalue weighted by atomic mass is 9.93. The molecular weight excluding hydrogens is 268 g/mol. The van der Waals surface area contributed by atoms with Gasteiger partial charge in [0.05, 0.1) is 11.8 Å². The van der Waals surface area contributed by atoms with Crippen LogP contribution in [0.25, 0.3) is 0 Å². The van der Waals surface area contributed by atoms with Crippen molar-refractivity contribution in [3.05, 3.63) is 0 Å². The zero-order chi connectivity index (χ0) is 15.4. The van der Waals surface area contributed by atoms with Crippen LogP contribution in [0.15, 0.2) is 0 Å². The Balaban J connectivity index is 1.89. The zero-order valence-corrected chi connectivity index (χ0v) is 13.3. The highest BCUT2D eigenvalue weighted by atomic mass is 16.4. The number of hydrogen-bond acceptors (Lipinski definition) is 3. The van der Waals surface area contributed by atoms with Crippen LogP contribution >= 0.6 is 0 Å². The summed E-state index contributed by atoms with van der Waals surface area (Å²) in [6, 6.07) is 0.278. The Morgan fingerprint density at radius 2 is 1.76 bits per heavy atom. The second-order valence-electron chi connectivity index (χ2n) is 6.50. The van der Waals surface area contributed by atoms with E-state index in [1.165, 1.54) is 6.42 Å². The molecule has 0 radical (unpaired) electrons. The monoisotopic (exact) mass is 296 g/mol. The summed E-state index contributed by atoms with van der Waals surface area (Å²) in [5, 5.41) is 9.24. The molecule has 21 heavy (non-hydrogen) atoms. The Labute approximate surface area is 127 Å². The number of nitrogens with zero attached hydrogens (tertiary/aromatic N) is 2. The van der Waals surface area contributed by atoms with E-state index in [0.29, 0.717) is 6.42 Å². The summed E-state index contributed by atoms with van der Waals surface area (Å²) in [6.07, 6.45) is 5.42. The topological polar surface area (TPSA) is 60.9 Å². The molecule has 0 spiro atoms. The molecule has 5 heteroatoms. The van der Waals surface area contributed by atoms with Crippen LogP contribution in [0.2, 0.25) is 0 Å². The Bertz CT molecular complexity index is 378. The van der Waals surface area contributed by atoms with Crippen LogP contribution in [0.5, 0.6) is 0 Å². The molecule has 1 aliphatic heterocycles. The van der Waals surface area contributed by atoms with Crippen molar-refractivity contribution in [2.24, 2.45) is 11.8 Å². The summed E-state index contributed by atoms with van der Waals surface area (Å²) in [7, 11) is 1.86. The predicted molar refractivity (Wildman–Crippen MR) is 81.0 cm³/mol. The van der Waals surface area contributed by atoms with Gasteiger partial charge in [0.15, 0.2) is 0 Å². The van der Waals surface area contributed by atoms with Crippen molar-refractivity contribution in [2.45, 2.75) is 51.5 Å². The molecule has 0 aromatic rings. The third-order valence-corrected chi connectivity index (χ3v) is 5.14. The van der Waals surface area contributed by atoms with Crippen molar-refractivity contribution >= 4 is 11.9 Å². The average molecular weight is 296 g/mol. The van der Waals surface area contributed by atoms with Crippen LogP contribution in [0, 0.1) is 11.8 Å². The van der Waals surface area contributed by atoms with Crippen LogP contribution in [-0.4, -0.2) is 59.5 Å². The Morgan fingerprint density at radius 3 is 2.33 bits per heavy atom. The Hall–Kier alpha value is -1.10. The van der Waals surface area contributed by atoms with Crippen molar-refractivity contribution in [1.29, 1.82) is 0 Å². The molecule has 1 aliphatic carbocycles. The molecule has 2 fully saturated rings. The number of carboxylic acids is 1. The van der Waals surface area contributed by atoms with Crippen molar-refractivity contribution in [1.82, 2.24) is 9.80 Å². The van der Waals surface area contributed by atoms with Crippen LogP contribution in [0.3, 0.4) is 0 Å². The van der Waals surface area contributed by atoms with Crippen LogP contribution in [0.4, 0.5) is 0 Å². The van der Waals surface area contributed by atoms with Gasteiger partial charge >= 0.3 is 5.97 Å². The highest BCUT2D eigenvalue weighted by molar-refractivity contribution is 5.85. The van der Waals surface area contributed by atoms with E-state index in [1.807, 2.05) is 11.9 Å². The summed E-state index contributed by atoms with van der Waals surface area (Å²) < 4.78 is 0. The van der Waals surface area contributed by atoms with Gasteiger partial charge in [-0.15, -0.1) is 0 Å². The normalized spacial score (nSPS) is 27.7. The van der Waals surface area contributed by atoms with E-state index in [1.54, 1.807) is 0 Å². The SMILES string of the molecule is CCCN1CCC(N(C)C(=O)[C@@H]2CCC[C@@H]2C(=O)O)CC1. The summed E-state index contributed by atoms with van der Waals surface area (Å²) in [4.78, 5) is 28.2. The molecule has 120 valence electrons. The maximum Gasteiger partial charge on any atom is 0.307 e. The molecule has 1 heterocycles. The number of rotatable bonds is 5. The lowest BCUT2D eigenvalue weighted by molar-refractivity contribution is -0.149. The maximum absolute atomic E-state index is 12.6. The third kappa shape index (κ3) is 3.76. The van der Waals surface area contributed by atoms with E-state index in [9.17, 15) is 14.7 Å². The van der Waals surface area contributed by atoms with E-state index < -0.39 is 11.9 Å². The fourth-order valence-corrected chi connectivity index (χ4v) is 3.84. The fourth-order valence-electron chi connectivity index (χ4n) is 3.84. The average Bonchev–Trinajstić information content (AvgIpc) is 2.96. The minimum absolute atomic E-state index is 0.0499. The van der Waals surface area contributed by atoms with Gasteiger partial charge in [-0.1, -0.05) is 13.3 Å². The molecule has 5 nitrogen and oxygen atoms in total. The molecule has 1 amide bonds. The first-order valence-corrected chi connectivity index (χ1v) is 8.26. The van der Waals surface area contributed by atoms with E-state index in [-0.39, 0.29) is 17.9 Å². The van der Waals surface area contributed by atoms with Gasteiger partial charge in [-0.25, -0.2) is 0 Å². The molecule has 0 aromatic carbocycles. The molecule has 2 rings (SSSR count). The van der Waals surface area contributed by atoms with Gasteiger partial charge in [-0.3, -0.25) is 9.59 Å². The number of carbonyl (C=O) groups excluding carboxylic acids is 1. The van der Waals surface area contributed by atoms with Crippen LogP contribution < -0.4 is 0 Å². The summed E-state index contributed by atoms with van der Waals surface area (Å²) >= 11 is 0. The Kier molecular flexibility index (Phi) is 5.62. The van der Waals surface area contributed by atoms with Gasteiger partial charge in [-0.2, -0.15) is 0 Å². The molecule has 0 unspecified atom stereocenters. The number of piperidine rings is 1. The van der Waals surface area contributed by atoms with Crippen molar-refractivity contribution in [3.8, 4) is 0 Å². The lowest BCUT2D eigenvalue weighted by Gasteiger charge is -2.38. The summed E-state index contributed by atoms with van der Waals surface area (Å²) in [5.74, 6) is -1.54. The highest BCUT2D eigenvalue weighted by Crippen LogP contribution is 2.34. The smallest absolute Gasteiger partial charge is 0.307 e. The van der Waals surface area contributed by atoms with E-state index in [0.717, 1.165) is 45.3 Å². The van der Waals surface area contributed by atoms with Gasteiger partial charge in [0, 0.05) is 26.2 Å². The van der Waals surface area contributed by atoms with Crippen LogP contribution in [0.1, 0.15) is 45.4 Å². The van der Waals surface area contributed by atoms with Gasteiger partial charge in [-0.05, 0) is 38.6 Å². The van der Waals surface area contributed by atoms with Gasteiger partial charge in [0.1, 0.15) is 0 Å². The van der Waals surface area contributed by atoms with E-state index in [2.05, 4.69) is 11.8 Å². The largest absolute Gasteiger partial charge is 0.481 e. The molecule has 1 saturated carbocycles. The first-order valence-electron chi connectivity index (χ1n) is 8.26. The minimum Gasteiger partial charge on any atom is -0.481 e. The molecule has 0 bridgehead atoms. The van der Waals surface area contributed by atoms with Crippen LogP contribution in [-0.2, 0) is 9.59 Å². The lowest BCUT2D eigenvalue weighted by Crippen LogP contribution is -2.48. The first-order chi connectivity index (χ1) is 10.0. The number of likely N-dealkylation sites (tertiary alicyclic amines) is 1. The zero-order valence-electron chi connectivity index (χ0n) is 13.3. The third-order valence-electron chi connectivity index (χ3n) is 5.14. The molecule has 2 atom stereocenters. The predicted octanol–water partition coefficient (Wildman–Crippen LogP) is 1.82. The number of hydrogen-bond donors (Lipinski definition) is 1. The van der Waals surface area contributed by atoms with Gasteiger partial charge in [0.25, 0.3) is 0 Å². The number of carbonyl (C=O) groups is 2. The molecule has 1 N–H and O–H groups in total. The molecular formula is C16H28N2O3. The molecule has 0 aromatic heterocycles. The molecule has 1 saturated heterocycles. The quantitative estimate of drug-likeness (QED) is 0.840. The van der Waals surface area contributed by atoms with Gasteiger partial charge in [0.2, 0.25) is 5.91 Å². The van der Waals surface area contributed by atoms with E-state index >= 15 is 0 Å². The van der Waals surface area contributed by atoms with Crippen molar-refractivity contribution < 1.29 is 14.7 Å². The number of carboxylic acid groups (broad SMARTS) is 1. The Morgan fingerprint density at radius 1 is 1.14 bits per heavy atom. The van der Waals surface area contributed by atoms with Crippen molar-refractivity contribution in [2.75, 3.05) is 26.7 Å². The van der Waals surface area contributed by atoms with Gasteiger partial charge < -0.3 is 14.9 Å². The second kappa shape index (κ2) is 7.25. The summed E-state index contributed by atoms with van der Waals surface area (Å²) in [6.45, 7) is 5.41. The standard InChI is InChI=1S/C16H28N2O3/c1-3-9-18-10-7-12(8-11-18)17(2)15(19)13-5-4-6-14(13)16(20)21/h12-14H,3-11H2,1-2H3,(H,20,21)/t13-,14+/m1/s1. The van der Waals surface area contributed by atoms with Crippen molar-refractivity contribution in [3.63, 3.8) is 0 Å². The molecule has 2 aliphatic rings.